The van der Waals surface area contributed by atoms with E-state index in [1.165, 1.54) is 40.5 Å². The fourth-order valence-corrected chi connectivity index (χ4v) is 5.63. The monoisotopic (exact) mass is 515 g/mol. The van der Waals surface area contributed by atoms with Crippen molar-refractivity contribution in [2.45, 2.75) is 30.5 Å². The van der Waals surface area contributed by atoms with Crippen molar-refractivity contribution in [2.75, 3.05) is 12.0 Å². The van der Waals surface area contributed by atoms with Crippen LogP contribution in [0.15, 0.2) is 65.7 Å². The summed E-state index contributed by atoms with van der Waals surface area (Å²) in [6, 6.07) is 14.9. The maximum atomic E-state index is 13.6. The summed E-state index contributed by atoms with van der Waals surface area (Å²) in [5.74, 6) is 0.212. The third-order valence-corrected chi connectivity index (χ3v) is 8.95. The number of ether oxygens (including phenoxy) is 1. The Bertz CT molecular complexity index is 1440. The molecule has 0 radical (unpaired) electrons. The number of fused-ring (bicyclic) bond motifs is 1. The lowest BCUT2D eigenvalue weighted by Crippen LogP contribution is -2.30. The van der Waals surface area contributed by atoms with Gasteiger partial charge >= 0.3 is 0 Å². The Balaban J connectivity index is 1.77. The van der Waals surface area contributed by atoms with Crippen molar-refractivity contribution < 1.29 is 17.9 Å². The number of hydrogen-bond acceptors (Lipinski definition) is 7. The molecule has 2 aromatic carbocycles. The van der Waals surface area contributed by atoms with Crippen molar-refractivity contribution in [3.05, 3.63) is 77.1 Å². The predicted octanol–water partition coefficient (Wildman–Crippen LogP) is 5.38. The number of methoxy groups -OCH3 is 1. The number of hydrogen-bond donors (Lipinski definition) is 0. The molecular weight excluding hydrogens is 494 g/mol. The molecule has 0 spiro atoms. The average molecular weight is 516 g/mol. The third-order valence-electron chi connectivity index (χ3n) is 5.24. The lowest BCUT2D eigenvalue weighted by Gasteiger charge is -2.20. The lowest BCUT2D eigenvalue weighted by molar-refractivity contribution is 0.0984. The van der Waals surface area contributed by atoms with Crippen LogP contribution in [-0.2, 0) is 16.4 Å². The minimum Gasteiger partial charge on any atom is -0.494 e. The van der Waals surface area contributed by atoms with Crippen molar-refractivity contribution in [2.24, 2.45) is 0 Å². The van der Waals surface area contributed by atoms with Gasteiger partial charge in [-0.3, -0.25) is 14.7 Å². The number of pyridine rings is 1. The van der Waals surface area contributed by atoms with Crippen LogP contribution in [0.4, 0.5) is 5.13 Å². The van der Waals surface area contributed by atoms with E-state index in [1.54, 1.807) is 45.4 Å². The highest BCUT2D eigenvalue weighted by Crippen LogP contribution is 2.39. The topological polar surface area (TPSA) is 89.5 Å². The Morgan fingerprint density at radius 2 is 1.85 bits per heavy atom. The van der Waals surface area contributed by atoms with E-state index >= 15 is 0 Å². The minimum atomic E-state index is -3.44. The zero-order chi connectivity index (χ0) is 24.5. The standard InChI is InChI=1S/C24H22ClN3O4S2/c1-15(2)34(30,31)18-9-7-16(8-10-18)23(29)28(14-17-6-4-5-13-26-17)24-27-21-20(32-3)12-11-19(25)22(21)33-24/h4-13,15H,14H2,1-3H3. The molecule has 2 heterocycles. The van der Waals surface area contributed by atoms with E-state index in [-0.39, 0.29) is 17.3 Å². The molecule has 0 saturated heterocycles. The summed E-state index contributed by atoms with van der Waals surface area (Å²) in [4.78, 5) is 24.3. The summed E-state index contributed by atoms with van der Waals surface area (Å²) < 4.78 is 31.0. The molecule has 4 aromatic rings. The number of carbonyl (C=O) groups excluding carboxylic acids is 1. The van der Waals surface area contributed by atoms with Gasteiger partial charge in [-0.15, -0.1) is 0 Å². The normalized spacial score (nSPS) is 11.7. The fraction of sp³-hybridized carbons (Fsp3) is 0.208. The number of amides is 1. The maximum Gasteiger partial charge on any atom is 0.260 e. The number of halogens is 1. The van der Waals surface area contributed by atoms with Crippen molar-refractivity contribution >= 4 is 54.0 Å². The molecule has 0 bridgehead atoms. The largest absolute Gasteiger partial charge is 0.494 e. The Labute approximate surface area is 206 Å². The van der Waals surface area contributed by atoms with Crippen molar-refractivity contribution in [3.8, 4) is 5.75 Å². The van der Waals surface area contributed by atoms with Gasteiger partial charge in [0.15, 0.2) is 15.0 Å². The van der Waals surface area contributed by atoms with Crippen molar-refractivity contribution in [1.29, 1.82) is 0 Å². The molecule has 0 unspecified atom stereocenters. The summed E-state index contributed by atoms with van der Waals surface area (Å²) in [6.45, 7) is 3.41. The highest BCUT2D eigenvalue weighted by molar-refractivity contribution is 7.92. The summed E-state index contributed by atoms with van der Waals surface area (Å²) in [6.07, 6.45) is 1.65. The van der Waals surface area contributed by atoms with Crippen LogP contribution < -0.4 is 9.64 Å². The second-order valence-electron chi connectivity index (χ2n) is 7.75. The second kappa shape index (κ2) is 9.69. The number of aromatic nitrogens is 2. The quantitative estimate of drug-likeness (QED) is 0.328. The van der Waals surface area contributed by atoms with E-state index in [4.69, 9.17) is 16.3 Å². The number of benzene rings is 2. The van der Waals surface area contributed by atoms with Crippen LogP contribution in [-0.4, -0.2) is 36.7 Å². The number of nitrogens with zero attached hydrogens (tertiary/aromatic N) is 3. The molecular formula is C24H22ClN3O4S2. The fourth-order valence-electron chi connectivity index (χ4n) is 3.32. The van der Waals surface area contributed by atoms with Gasteiger partial charge in [0.2, 0.25) is 0 Å². The highest BCUT2D eigenvalue weighted by atomic mass is 35.5. The Morgan fingerprint density at radius 3 is 2.47 bits per heavy atom. The van der Waals surface area contributed by atoms with E-state index in [9.17, 15) is 13.2 Å². The summed E-state index contributed by atoms with van der Waals surface area (Å²) >= 11 is 7.66. The van der Waals surface area contributed by atoms with E-state index < -0.39 is 15.1 Å². The number of thiazole rings is 1. The average Bonchev–Trinajstić information content (AvgIpc) is 3.29. The molecule has 0 N–H and O–H groups in total. The minimum absolute atomic E-state index is 0.172. The molecule has 7 nitrogen and oxygen atoms in total. The molecule has 0 fully saturated rings. The summed E-state index contributed by atoms with van der Waals surface area (Å²) in [5.41, 5.74) is 1.57. The number of anilines is 1. The first-order valence-electron chi connectivity index (χ1n) is 10.4. The van der Waals surface area contributed by atoms with Crippen LogP contribution in [0.3, 0.4) is 0 Å². The Morgan fingerprint density at radius 1 is 1.12 bits per heavy atom. The van der Waals surface area contributed by atoms with Gasteiger partial charge in [-0.1, -0.05) is 29.0 Å². The van der Waals surface area contributed by atoms with Crippen LogP contribution in [0.2, 0.25) is 5.02 Å². The smallest absolute Gasteiger partial charge is 0.260 e. The molecule has 0 saturated carbocycles. The van der Waals surface area contributed by atoms with Gasteiger partial charge in [-0.25, -0.2) is 13.4 Å². The molecule has 0 aliphatic rings. The predicted molar refractivity (Wildman–Crippen MR) is 135 cm³/mol. The van der Waals surface area contributed by atoms with Gasteiger partial charge in [-0.05, 0) is 62.4 Å². The number of sulfone groups is 1. The SMILES string of the molecule is COc1ccc(Cl)c2sc(N(Cc3ccccn3)C(=O)c3ccc(S(=O)(=O)C(C)C)cc3)nc12. The Hall–Kier alpha value is -3.01. The third kappa shape index (κ3) is 4.64. The van der Waals surface area contributed by atoms with Crippen LogP contribution in [0, 0.1) is 0 Å². The first-order valence-corrected chi connectivity index (χ1v) is 13.1. The highest BCUT2D eigenvalue weighted by Gasteiger charge is 2.25. The van der Waals surface area contributed by atoms with Gasteiger partial charge < -0.3 is 4.74 Å². The summed E-state index contributed by atoms with van der Waals surface area (Å²) in [5, 5.41) is 0.376. The van der Waals surface area contributed by atoms with Gasteiger partial charge in [0.05, 0.1) is 39.2 Å². The van der Waals surface area contributed by atoms with Gasteiger partial charge in [0, 0.05) is 11.8 Å². The second-order valence-corrected chi connectivity index (χ2v) is 11.6. The molecule has 2 aromatic heterocycles. The van der Waals surface area contributed by atoms with E-state index in [2.05, 4.69) is 9.97 Å². The van der Waals surface area contributed by atoms with E-state index in [0.29, 0.717) is 37.4 Å². The van der Waals surface area contributed by atoms with Crippen molar-refractivity contribution in [1.82, 2.24) is 9.97 Å². The zero-order valence-corrected chi connectivity index (χ0v) is 21.1. The van der Waals surface area contributed by atoms with Gasteiger partial charge in [0.25, 0.3) is 5.91 Å². The number of carbonyl (C=O) groups is 1. The van der Waals surface area contributed by atoms with E-state index in [1.807, 2.05) is 12.1 Å². The molecule has 0 atom stereocenters. The van der Waals surface area contributed by atoms with Gasteiger partial charge in [-0.2, -0.15) is 0 Å². The lowest BCUT2D eigenvalue weighted by atomic mass is 10.2. The first-order chi connectivity index (χ1) is 16.2. The first kappa shape index (κ1) is 24.1. The zero-order valence-electron chi connectivity index (χ0n) is 18.7. The molecule has 4 rings (SSSR count). The molecule has 10 heteroatoms. The molecule has 0 aliphatic carbocycles. The van der Waals surface area contributed by atoms with E-state index in [0.717, 1.165) is 0 Å². The van der Waals surface area contributed by atoms with Crippen LogP contribution in [0.1, 0.15) is 29.9 Å². The molecule has 176 valence electrons. The number of rotatable bonds is 7. The van der Waals surface area contributed by atoms with Crippen LogP contribution >= 0.6 is 22.9 Å². The molecule has 1 amide bonds. The van der Waals surface area contributed by atoms with Crippen molar-refractivity contribution in [3.63, 3.8) is 0 Å². The molecule has 34 heavy (non-hydrogen) atoms. The molecule has 0 aliphatic heterocycles. The maximum absolute atomic E-state index is 13.6. The Kier molecular flexibility index (Phi) is 6.88. The van der Waals surface area contributed by atoms with Crippen LogP contribution in [0.25, 0.3) is 10.2 Å². The van der Waals surface area contributed by atoms with Crippen LogP contribution in [0.5, 0.6) is 5.75 Å². The van der Waals surface area contributed by atoms with Gasteiger partial charge in [0.1, 0.15) is 11.3 Å². The summed E-state index contributed by atoms with van der Waals surface area (Å²) in [7, 11) is -1.90.